The average Bonchev–Trinajstić information content (AvgIpc) is 2.84. The minimum atomic E-state index is -1.17. The zero-order chi connectivity index (χ0) is 26.9. The van der Waals surface area contributed by atoms with E-state index >= 15 is 0 Å². The van der Waals surface area contributed by atoms with Gasteiger partial charge in [-0.15, -0.1) is 0 Å². The molecule has 0 radical (unpaired) electrons. The van der Waals surface area contributed by atoms with Crippen LogP contribution in [0, 0.1) is 0 Å². The van der Waals surface area contributed by atoms with Crippen LogP contribution in [0.25, 0.3) is 0 Å². The molecular formula is C23H38N8O5. The predicted molar refractivity (Wildman–Crippen MR) is 135 cm³/mol. The number of unbranched alkanes of at least 4 members (excludes halogenated alkanes) is 1. The number of carboxylic acids is 1. The van der Waals surface area contributed by atoms with E-state index in [9.17, 15) is 24.3 Å². The molecule has 1 aromatic rings. The Morgan fingerprint density at radius 3 is 2.22 bits per heavy atom. The SMILES string of the molecule is NCCCC[C@H](NC(=O)CNC(=O)[C@H](Cc1ccccc1)NC(=O)[C@@H](N)CCCN=C(N)N)C(=O)O. The minimum Gasteiger partial charge on any atom is -0.480 e. The lowest BCUT2D eigenvalue weighted by molar-refractivity contribution is -0.142. The van der Waals surface area contributed by atoms with E-state index in [0.29, 0.717) is 38.8 Å². The molecule has 36 heavy (non-hydrogen) atoms. The summed E-state index contributed by atoms with van der Waals surface area (Å²) < 4.78 is 0. The van der Waals surface area contributed by atoms with Gasteiger partial charge in [-0.3, -0.25) is 19.4 Å². The molecule has 0 aliphatic rings. The van der Waals surface area contributed by atoms with Crippen LogP contribution in [-0.2, 0) is 25.6 Å². The maximum absolute atomic E-state index is 12.9. The highest BCUT2D eigenvalue weighted by Gasteiger charge is 2.25. The van der Waals surface area contributed by atoms with Crippen LogP contribution in [0.2, 0.25) is 0 Å². The van der Waals surface area contributed by atoms with Crippen molar-refractivity contribution in [3.63, 3.8) is 0 Å². The number of nitrogens with one attached hydrogen (secondary N) is 3. The second-order valence-electron chi connectivity index (χ2n) is 8.27. The lowest BCUT2D eigenvalue weighted by Crippen LogP contribution is -2.54. The summed E-state index contributed by atoms with van der Waals surface area (Å²) in [5.74, 6) is -3.03. The van der Waals surface area contributed by atoms with E-state index in [1.54, 1.807) is 24.3 Å². The van der Waals surface area contributed by atoms with Crippen molar-refractivity contribution in [1.82, 2.24) is 16.0 Å². The van der Waals surface area contributed by atoms with E-state index in [1.807, 2.05) is 6.07 Å². The van der Waals surface area contributed by atoms with Crippen molar-refractivity contribution in [2.75, 3.05) is 19.6 Å². The Morgan fingerprint density at radius 1 is 0.917 bits per heavy atom. The van der Waals surface area contributed by atoms with Gasteiger partial charge in [0, 0.05) is 13.0 Å². The standard InChI is InChI=1S/C23H38N8O5/c24-11-5-4-10-17(22(35)36)30-19(32)14-29-21(34)18(13-15-7-2-1-3-8-15)31-20(33)16(25)9-6-12-28-23(26)27/h1-3,7-8,16-18H,4-6,9-14,24-25H2,(H,29,34)(H,30,32)(H,31,33)(H,35,36)(H4,26,27,28)/t16-,17-,18-/m0/s1. The molecule has 13 nitrogen and oxygen atoms in total. The molecule has 0 spiro atoms. The Balaban J connectivity index is 2.73. The van der Waals surface area contributed by atoms with E-state index in [-0.39, 0.29) is 18.8 Å². The van der Waals surface area contributed by atoms with Crippen molar-refractivity contribution < 1.29 is 24.3 Å². The van der Waals surface area contributed by atoms with Gasteiger partial charge in [-0.25, -0.2) is 4.79 Å². The van der Waals surface area contributed by atoms with Crippen LogP contribution < -0.4 is 38.9 Å². The number of aliphatic imine (C=N–C) groups is 1. The molecule has 13 heteroatoms. The molecule has 12 N–H and O–H groups in total. The average molecular weight is 507 g/mol. The van der Waals surface area contributed by atoms with Crippen molar-refractivity contribution in [1.29, 1.82) is 0 Å². The topological polar surface area (TPSA) is 241 Å². The molecule has 3 atom stereocenters. The van der Waals surface area contributed by atoms with Crippen molar-refractivity contribution in [3.8, 4) is 0 Å². The molecule has 0 aliphatic heterocycles. The van der Waals surface area contributed by atoms with Gasteiger partial charge in [0.05, 0.1) is 12.6 Å². The fourth-order valence-corrected chi connectivity index (χ4v) is 3.27. The molecule has 0 unspecified atom stereocenters. The maximum Gasteiger partial charge on any atom is 0.326 e. The van der Waals surface area contributed by atoms with E-state index in [1.165, 1.54) is 0 Å². The van der Waals surface area contributed by atoms with Crippen LogP contribution in [0.4, 0.5) is 0 Å². The molecule has 0 heterocycles. The van der Waals surface area contributed by atoms with Crippen LogP contribution in [-0.4, -0.2) is 72.5 Å². The third kappa shape index (κ3) is 12.7. The van der Waals surface area contributed by atoms with Gasteiger partial charge in [0.15, 0.2) is 5.96 Å². The monoisotopic (exact) mass is 506 g/mol. The normalized spacial score (nSPS) is 13.1. The number of hydrogen-bond donors (Lipinski definition) is 8. The summed E-state index contributed by atoms with van der Waals surface area (Å²) >= 11 is 0. The Hall–Kier alpha value is -3.71. The van der Waals surface area contributed by atoms with Gasteiger partial charge >= 0.3 is 5.97 Å². The summed E-state index contributed by atoms with van der Waals surface area (Å²) in [6.07, 6.45) is 2.33. The predicted octanol–water partition coefficient (Wildman–Crippen LogP) is -2.09. The summed E-state index contributed by atoms with van der Waals surface area (Å²) in [7, 11) is 0. The van der Waals surface area contributed by atoms with Crippen LogP contribution in [0.5, 0.6) is 0 Å². The highest BCUT2D eigenvalue weighted by Crippen LogP contribution is 2.05. The van der Waals surface area contributed by atoms with Gasteiger partial charge in [-0.2, -0.15) is 0 Å². The summed E-state index contributed by atoms with van der Waals surface area (Å²) in [4.78, 5) is 52.9. The number of amides is 3. The first-order chi connectivity index (χ1) is 17.1. The summed E-state index contributed by atoms with van der Waals surface area (Å²) in [5.41, 5.74) is 22.7. The highest BCUT2D eigenvalue weighted by molar-refractivity contribution is 5.92. The van der Waals surface area contributed by atoms with Gasteiger partial charge < -0.3 is 44.0 Å². The number of guanidine groups is 1. The molecule has 1 aromatic carbocycles. The number of benzene rings is 1. The highest BCUT2D eigenvalue weighted by atomic mass is 16.4. The van der Waals surface area contributed by atoms with Crippen molar-refractivity contribution in [3.05, 3.63) is 35.9 Å². The van der Waals surface area contributed by atoms with Crippen molar-refractivity contribution in [2.45, 2.75) is 56.7 Å². The molecular weight excluding hydrogens is 468 g/mol. The number of carbonyl (C=O) groups is 4. The number of nitrogens with two attached hydrogens (primary N) is 4. The zero-order valence-corrected chi connectivity index (χ0v) is 20.3. The number of nitrogens with zero attached hydrogens (tertiary/aromatic N) is 1. The Labute approximate surface area is 210 Å². The first-order valence-electron chi connectivity index (χ1n) is 11.8. The van der Waals surface area contributed by atoms with Gasteiger partial charge in [-0.05, 0) is 44.2 Å². The first-order valence-corrected chi connectivity index (χ1v) is 11.8. The van der Waals surface area contributed by atoms with Crippen molar-refractivity contribution in [2.24, 2.45) is 27.9 Å². The van der Waals surface area contributed by atoms with E-state index in [2.05, 4.69) is 20.9 Å². The number of carboxylic acid groups (broad SMARTS) is 1. The molecule has 0 saturated heterocycles. The van der Waals surface area contributed by atoms with E-state index < -0.39 is 48.4 Å². The third-order valence-electron chi connectivity index (χ3n) is 5.22. The second kappa shape index (κ2) is 16.8. The lowest BCUT2D eigenvalue weighted by Gasteiger charge is -2.21. The minimum absolute atomic E-state index is 0.0538. The molecule has 3 amide bonds. The van der Waals surface area contributed by atoms with E-state index in [4.69, 9.17) is 22.9 Å². The summed E-state index contributed by atoms with van der Waals surface area (Å²) in [6, 6.07) is 6.03. The zero-order valence-electron chi connectivity index (χ0n) is 20.3. The summed E-state index contributed by atoms with van der Waals surface area (Å²) in [5, 5.41) is 16.8. The van der Waals surface area contributed by atoms with Gasteiger partial charge in [0.25, 0.3) is 0 Å². The molecule has 0 aromatic heterocycles. The maximum atomic E-state index is 12.9. The van der Waals surface area contributed by atoms with Gasteiger partial charge in [-0.1, -0.05) is 30.3 Å². The Bertz CT molecular complexity index is 877. The largest absolute Gasteiger partial charge is 0.480 e. The number of hydrogen-bond acceptors (Lipinski definition) is 7. The molecule has 0 aliphatic carbocycles. The third-order valence-corrected chi connectivity index (χ3v) is 5.22. The lowest BCUT2D eigenvalue weighted by atomic mass is 10.0. The summed E-state index contributed by atoms with van der Waals surface area (Å²) in [6.45, 7) is 0.284. The van der Waals surface area contributed by atoms with Crippen LogP contribution in [0.3, 0.4) is 0 Å². The number of carbonyl (C=O) groups excluding carboxylic acids is 3. The number of aliphatic carboxylic acids is 1. The smallest absolute Gasteiger partial charge is 0.326 e. The molecule has 0 fully saturated rings. The number of rotatable bonds is 17. The Kier molecular flexibility index (Phi) is 14.2. The van der Waals surface area contributed by atoms with Crippen molar-refractivity contribution >= 4 is 29.7 Å². The van der Waals surface area contributed by atoms with Gasteiger partial charge in [0.1, 0.15) is 12.1 Å². The molecule has 200 valence electrons. The second-order valence-corrected chi connectivity index (χ2v) is 8.27. The van der Waals surface area contributed by atoms with Gasteiger partial charge in [0.2, 0.25) is 17.7 Å². The first kappa shape index (κ1) is 30.3. The quantitative estimate of drug-likeness (QED) is 0.0655. The van der Waals surface area contributed by atoms with Crippen LogP contribution in [0.15, 0.2) is 35.3 Å². The molecule has 0 bridgehead atoms. The van der Waals surface area contributed by atoms with Crippen LogP contribution in [0.1, 0.15) is 37.7 Å². The van der Waals surface area contributed by atoms with E-state index in [0.717, 1.165) is 5.56 Å². The molecule has 0 saturated carbocycles. The fourth-order valence-electron chi connectivity index (χ4n) is 3.27. The Morgan fingerprint density at radius 2 is 1.61 bits per heavy atom. The molecule has 1 rings (SSSR count). The van der Waals surface area contributed by atoms with Crippen LogP contribution >= 0.6 is 0 Å². The fraction of sp³-hybridized carbons (Fsp3) is 0.522.